The van der Waals surface area contributed by atoms with Crippen molar-refractivity contribution in [3.8, 4) is 11.5 Å². The van der Waals surface area contributed by atoms with E-state index < -0.39 is 16.4 Å². The largest absolute Gasteiger partial charge is 0.497 e. The molecule has 1 aliphatic heterocycles. The van der Waals surface area contributed by atoms with Crippen molar-refractivity contribution in [3.05, 3.63) is 24.3 Å². The highest BCUT2D eigenvalue weighted by molar-refractivity contribution is 9.10. The molecule has 1 aliphatic carbocycles. The second kappa shape index (κ2) is 6.51. The van der Waals surface area contributed by atoms with Gasteiger partial charge in [0, 0.05) is 0 Å². The maximum atomic E-state index is 12.2. The topological polar surface area (TPSA) is 61.8 Å². The van der Waals surface area contributed by atoms with Crippen molar-refractivity contribution in [1.29, 1.82) is 0 Å². The average molecular weight is 383 g/mol. The van der Waals surface area contributed by atoms with Gasteiger partial charge in [0.2, 0.25) is 0 Å². The van der Waals surface area contributed by atoms with Gasteiger partial charge in [-0.1, -0.05) is 28.8 Å². The van der Waals surface area contributed by atoms with Crippen molar-refractivity contribution in [3.63, 3.8) is 0 Å². The monoisotopic (exact) mass is 382 g/mol. The van der Waals surface area contributed by atoms with Gasteiger partial charge in [-0.05, 0) is 37.1 Å². The Bertz CT molecular complexity index is 600. The van der Waals surface area contributed by atoms with Gasteiger partial charge in [-0.25, -0.2) is 0 Å². The summed E-state index contributed by atoms with van der Waals surface area (Å²) in [5, 5.41) is 0. The fraction of sp³-hybridized carbons (Fsp3) is 0.529. The van der Waals surface area contributed by atoms with Gasteiger partial charge in [-0.2, -0.15) is 0 Å². The summed E-state index contributed by atoms with van der Waals surface area (Å²) in [7, 11) is 1.57. The zero-order valence-corrected chi connectivity index (χ0v) is 14.5. The van der Waals surface area contributed by atoms with E-state index >= 15 is 0 Å². The Morgan fingerprint density at radius 3 is 2.70 bits per heavy atom. The van der Waals surface area contributed by atoms with E-state index in [0.717, 1.165) is 25.7 Å². The lowest BCUT2D eigenvalue weighted by molar-refractivity contribution is -0.146. The van der Waals surface area contributed by atoms with E-state index in [0.29, 0.717) is 11.5 Å². The van der Waals surface area contributed by atoms with Gasteiger partial charge < -0.3 is 14.2 Å². The van der Waals surface area contributed by atoms with E-state index in [1.807, 2.05) is 0 Å². The number of esters is 2. The number of benzene rings is 1. The van der Waals surface area contributed by atoms with Crippen molar-refractivity contribution < 1.29 is 23.8 Å². The number of hydrogen-bond donors (Lipinski definition) is 0. The number of methoxy groups -OCH3 is 1. The number of carbonyl (C=O) groups excluding carboxylic acids is 2. The predicted octanol–water partition coefficient (Wildman–Crippen LogP) is 3.24. The quantitative estimate of drug-likeness (QED) is 0.454. The van der Waals surface area contributed by atoms with E-state index in [2.05, 4.69) is 15.9 Å². The molecule has 0 bridgehead atoms. The predicted molar refractivity (Wildman–Crippen MR) is 86.7 cm³/mol. The van der Waals surface area contributed by atoms with E-state index in [1.54, 1.807) is 31.4 Å². The van der Waals surface area contributed by atoms with Crippen LogP contribution in [0.5, 0.6) is 11.5 Å². The number of fused-ring (bicyclic) bond motifs is 1. The van der Waals surface area contributed by atoms with Gasteiger partial charge in [-0.3, -0.25) is 9.59 Å². The first-order valence-corrected chi connectivity index (χ1v) is 8.56. The van der Waals surface area contributed by atoms with Crippen LogP contribution in [0.25, 0.3) is 0 Å². The number of ether oxygens (including phenoxy) is 3. The molecular formula is C17H19BrO5. The Morgan fingerprint density at radius 1 is 1.30 bits per heavy atom. The molecule has 0 N–H and O–H groups in total. The smallest absolute Gasteiger partial charge is 0.315 e. The van der Waals surface area contributed by atoms with Crippen LogP contribution in [-0.2, 0) is 14.3 Å². The van der Waals surface area contributed by atoms with Crippen LogP contribution in [0.2, 0.25) is 0 Å². The molecule has 3 rings (SSSR count). The maximum Gasteiger partial charge on any atom is 0.315 e. The summed E-state index contributed by atoms with van der Waals surface area (Å²) in [4.78, 5) is 24.2. The summed E-state index contributed by atoms with van der Waals surface area (Å²) in [6.45, 7) is 0. The third kappa shape index (κ3) is 3.22. The summed E-state index contributed by atoms with van der Waals surface area (Å²) in [6.07, 6.45) is 3.29. The minimum absolute atomic E-state index is 0.0551. The number of cyclic esters (lactones) is 1. The van der Waals surface area contributed by atoms with Crippen molar-refractivity contribution >= 4 is 27.9 Å². The fourth-order valence-corrected chi connectivity index (χ4v) is 4.31. The lowest BCUT2D eigenvalue weighted by Gasteiger charge is -2.34. The molecular weight excluding hydrogens is 364 g/mol. The SMILES string of the molecule is COc1ccc(OC(=O)CC2OC(=O)C3CCCCC23Br)cc1. The zero-order chi connectivity index (χ0) is 16.4. The van der Waals surface area contributed by atoms with Gasteiger partial charge in [0.05, 0.1) is 23.8 Å². The molecule has 2 fully saturated rings. The van der Waals surface area contributed by atoms with Crippen molar-refractivity contribution in [1.82, 2.24) is 0 Å². The standard InChI is InChI=1S/C17H19BrO5/c1-21-11-5-7-12(8-6-11)22-15(19)10-14-17(18)9-3-2-4-13(17)16(20)23-14/h5-8,13-14H,2-4,9-10H2,1H3. The molecule has 23 heavy (non-hydrogen) atoms. The molecule has 1 saturated carbocycles. The molecule has 0 spiro atoms. The first-order valence-electron chi connectivity index (χ1n) is 7.77. The maximum absolute atomic E-state index is 12.2. The highest BCUT2D eigenvalue weighted by Crippen LogP contribution is 2.50. The Morgan fingerprint density at radius 2 is 2.00 bits per heavy atom. The first kappa shape index (κ1) is 16.3. The summed E-state index contributed by atoms with van der Waals surface area (Å²) in [5.74, 6) is 0.375. The second-order valence-corrected chi connectivity index (χ2v) is 7.48. The van der Waals surface area contributed by atoms with Crippen molar-refractivity contribution in [2.24, 2.45) is 5.92 Å². The van der Waals surface area contributed by atoms with Gasteiger partial charge in [-0.15, -0.1) is 0 Å². The minimum atomic E-state index is -0.467. The van der Waals surface area contributed by atoms with E-state index in [4.69, 9.17) is 14.2 Å². The highest BCUT2D eigenvalue weighted by Gasteiger charge is 2.56. The second-order valence-electron chi connectivity index (χ2n) is 6.00. The van der Waals surface area contributed by atoms with Crippen LogP contribution in [0.4, 0.5) is 0 Å². The van der Waals surface area contributed by atoms with Gasteiger partial charge in [0.25, 0.3) is 0 Å². The Balaban J connectivity index is 1.64. The van der Waals surface area contributed by atoms with Gasteiger partial charge in [0.15, 0.2) is 0 Å². The summed E-state index contributed by atoms with van der Waals surface area (Å²) in [5.41, 5.74) is 0. The Hall–Kier alpha value is -1.56. The molecule has 3 unspecified atom stereocenters. The number of hydrogen-bond acceptors (Lipinski definition) is 5. The number of rotatable bonds is 4. The first-order chi connectivity index (χ1) is 11.0. The molecule has 6 heteroatoms. The third-order valence-corrected chi connectivity index (χ3v) is 6.06. The van der Waals surface area contributed by atoms with Crippen LogP contribution in [0.3, 0.4) is 0 Å². The summed E-state index contributed by atoms with van der Waals surface area (Å²) < 4.78 is 15.4. The molecule has 1 saturated heterocycles. The van der Waals surface area contributed by atoms with Crippen LogP contribution in [-0.4, -0.2) is 29.5 Å². The van der Waals surface area contributed by atoms with E-state index in [-0.39, 0.29) is 18.3 Å². The molecule has 5 nitrogen and oxygen atoms in total. The number of halogens is 1. The lowest BCUT2D eigenvalue weighted by Crippen LogP contribution is -2.41. The molecule has 0 radical (unpaired) electrons. The van der Waals surface area contributed by atoms with Crippen molar-refractivity contribution in [2.75, 3.05) is 7.11 Å². The Kier molecular flexibility index (Phi) is 4.62. The molecule has 0 aromatic heterocycles. The third-order valence-electron chi connectivity index (χ3n) is 4.60. The van der Waals surface area contributed by atoms with Gasteiger partial charge in [0.1, 0.15) is 17.6 Å². The molecule has 1 aromatic rings. The molecule has 3 atom stereocenters. The zero-order valence-electron chi connectivity index (χ0n) is 12.9. The Labute approximate surface area is 143 Å². The highest BCUT2D eigenvalue weighted by atomic mass is 79.9. The van der Waals surface area contributed by atoms with Crippen LogP contribution in [0, 0.1) is 5.92 Å². The minimum Gasteiger partial charge on any atom is -0.497 e. The van der Waals surface area contributed by atoms with Crippen molar-refractivity contribution in [2.45, 2.75) is 42.5 Å². The molecule has 1 heterocycles. The normalized spacial score (nSPS) is 29.6. The van der Waals surface area contributed by atoms with Gasteiger partial charge >= 0.3 is 11.9 Å². The average Bonchev–Trinajstić information content (AvgIpc) is 2.79. The van der Waals surface area contributed by atoms with Crippen LogP contribution in [0.1, 0.15) is 32.1 Å². The van der Waals surface area contributed by atoms with Crippen LogP contribution < -0.4 is 9.47 Å². The summed E-state index contributed by atoms with van der Waals surface area (Å²) >= 11 is 3.69. The number of carbonyl (C=O) groups is 2. The number of alkyl halides is 1. The molecule has 0 amide bonds. The van der Waals surface area contributed by atoms with Crippen LogP contribution in [0.15, 0.2) is 24.3 Å². The molecule has 124 valence electrons. The fourth-order valence-electron chi connectivity index (χ4n) is 3.36. The molecule has 2 aliphatic rings. The van der Waals surface area contributed by atoms with Crippen LogP contribution >= 0.6 is 15.9 Å². The van der Waals surface area contributed by atoms with E-state index in [1.165, 1.54) is 0 Å². The molecule has 1 aromatic carbocycles. The van der Waals surface area contributed by atoms with E-state index in [9.17, 15) is 9.59 Å². The summed E-state index contributed by atoms with van der Waals surface area (Å²) in [6, 6.07) is 6.79. The lowest BCUT2D eigenvalue weighted by atomic mass is 9.77.